The van der Waals surface area contributed by atoms with Gasteiger partial charge in [-0.2, -0.15) is 0 Å². The highest BCUT2D eigenvalue weighted by Gasteiger charge is 2.33. The first-order valence-electron chi connectivity index (χ1n) is 13.3. The number of amides is 2. The summed E-state index contributed by atoms with van der Waals surface area (Å²) in [4.78, 5) is 28.1. The molecule has 2 atom stereocenters. The number of carbonyl (C=O) groups is 2. The van der Waals surface area contributed by atoms with Crippen LogP contribution in [0.3, 0.4) is 0 Å². The van der Waals surface area contributed by atoms with E-state index in [0.29, 0.717) is 17.2 Å². The van der Waals surface area contributed by atoms with Gasteiger partial charge in [-0.1, -0.05) is 36.7 Å². The highest BCUT2D eigenvalue weighted by Crippen LogP contribution is 2.32. The van der Waals surface area contributed by atoms with Crippen LogP contribution in [-0.4, -0.2) is 58.0 Å². The Hall–Kier alpha value is -3.83. The second kappa shape index (κ2) is 14.4. The minimum atomic E-state index is -4.37. The van der Waals surface area contributed by atoms with Crippen molar-refractivity contribution in [1.29, 1.82) is 0 Å². The monoisotopic (exact) mass is 619 g/mol. The van der Waals surface area contributed by atoms with E-state index in [-0.39, 0.29) is 34.5 Å². The van der Waals surface area contributed by atoms with Gasteiger partial charge >= 0.3 is 0 Å². The molecule has 226 valence electrons. The molecule has 0 heterocycles. The molecule has 0 aliphatic rings. The predicted octanol–water partition coefficient (Wildman–Crippen LogP) is 5.02. The number of anilines is 1. The van der Waals surface area contributed by atoms with Gasteiger partial charge in [0.15, 0.2) is 11.5 Å². The van der Waals surface area contributed by atoms with Gasteiger partial charge in [-0.15, -0.1) is 0 Å². The number of hydrogen-bond donors (Lipinski definition) is 1. The lowest BCUT2D eigenvalue weighted by molar-refractivity contribution is -0.139. The molecule has 3 aromatic carbocycles. The third-order valence-electron chi connectivity index (χ3n) is 6.80. The Morgan fingerprint density at radius 3 is 2.21 bits per heavy atom. The fraction of sp³-hybridized carbons (Fsp3) is 0.333. The smallest absolute Gasteiger partial charge is 0.264 e. The van der Waals surface area contributed by atoms with Gasteiger partial charge in [0.2, 0.25) is 11.8 Å². The maximum absolute atomic E-state index is 14.7. The summed E-state index contributed by atoms with van der Waals surface area (Å²) in [5, 5.41) is 3.20. The highest BCUT2D eigenvalue weighted by atomic mass is 35.5. The molecule has 0 spiro atoms. The SMILES string of the molecule is CC[C@@H](C)NC(=O)[C@@H](C)N(Cc1ccccc1F)C(=O)CN(c1ccc(Cl)cc1)S(=O)(=O)c1ccc(OC)c(OC)c1. The zero-order chi connectivity index (χ0) is 31.0. The standard InChI is InChI=1S/C30H35ClFN3O6S/c1-6-20(2)33-30(37)21(3)34(18-22-9-7-8-10-26(22)32)29(36)19-35(24-13-11-23(31)12-14-24)42(38,39)25-15-16-27(40-4)28(17-25)41-5/h7-17,20-21H,6,18-19H2,1-5H3,(H,33,37)/t20-,21-/m1/s1. The molecule has 0 saturated heterocycles. The van der Waals surface area contributed by atoms with Gasteiger partial charge in [-0.05, 0) is 62.7 Å². The Labute approximate surface area is 251 Å². The summed E-state index contributed by atoms with van der Waals surface area (Å²) in [6.07, 6.45) is 0.660. The van der Waals surface area contributed by atoms with E-state index in [0.717, 1.165) is 4.31 Å². The lowest BCUT2D eigenvalue weighted by atomic mass is 10.1. The Kier molecular flexibility index (Phi) is 11.2. The molecular formula is C30H35ClFN3O6S. The van der Waals surface area contributed by atoms with E-state index in [1.807, 2.05) is 13.8 Å². The number of nitrogens with one attached hydrogen (secondary N) is 1. The summed E-state index contributed by atoms with van der Waals surface area (Å²) in [6.45, 7) is 4.30. The molecule has 0 unspecified atom stereocenters. The fourth-order valence-electron chi connectivity index (χ4n) is 4.10. The van der Waals surface area contributed by atoms with Crippen molar-refractivity contribution in [2.75, 3.05) is 25.1 Å². The minimum absolute atomic E-state index is 0.157. The number of halogens is 2. The molecule has 0 radical (unpaired) electrons. The second-order valence-electron chi connectivity index (χ2n) is 9.61. The maximum Gasteiger partial charge on any atom is 0.264 e. The van der Waals surface area contributed by atoms with Crippen LogP contribution in [0.5, 0.6) is 11.5 Å². The van der Waals surface area contributed by atoms with E-state index in [9.17, 15) is 22.4 Å². The van der Waals surface area contributed by atoms with Crippen molar-refractivity contribution in [1.82, 2.24) is 10.2 Å². The molecular weight excluding hydrogens is 585 g/mol. The second-order valence-corrected chi connectivity index (χ2v) is 11.9. The number of rotatable bonds is 13. The third-order valence-corrected chi connectivity index (χ3v) is 8.83. The molecule has 9 nitrogen and oxygen atoms in total. The van der Waals surface area contributed by atoms with Gasteiger partial charge in [0, 0.05) is 29.2 Å². The topological polar surface area (TPSA) is 105 Å². The van der Waals surface area contributed by atoms with Crippen LogP contribution in [0.25, 0.3) is 0 Å². The van der Waals surface area contributed by atoms with Crippen LogP contribution in [-0.2, 0) is 26.2 Å². The summed E-state index contributed by atoms with van der Waals surface area (Å²) in [6, 6.07) is 14.7. The highest BCUT2D eigenvalue weighted by molar-refractivity contribution is 7.92. The van der Waals surface area contributed by atoms with Crippen molar-refractivity contribution in [2.45, 2.75) is 50.7 Å². The van der Waals surface area contributed by atoms with Gasteiger partial charge in [0.1, 0.15) is 18.4 Å². The van der Waals surface area contributed by atoms with Crippen LogP contribution in [0.4, 0.5) is 10.1 Å². The molecule has 3 aromatic rings. The molecule has 0 aliphatic carbocycles. The van der Waals surface area contributed by atoms with E-state index < -0.39 is 40.2 Å². The van der Waals surface area contributed by atoms with E-state index in [1.165, 1.54) is 86.7 Å². The first-order chi connectivity index (χ1) is 19.9. The van der Waals surface area contributed by atoms with Crippen LogP contribution in [0, 0.1) is 5.82 Å². The van der Waals surface area contributed by atoms with Gasteiger partial charge in [-0.3, -0.25) is 13.9 Å². The summed E-state index contributed by atoms with van der Waals surface area (Å²) < 4.78 is 54.2. The molecule has 0 saturated carbocycles. The molecule has 2 amide bonds. The predicted molar refractivity (Wildman–Crippen MR) is 160 cm³/mol. The summed E-state index contributed by atoms with van der Waals surface area (Å²) in [5.74, 6) is -1.23. The van der Waals surface area contributed by atoms with Gasteiger partial charge in [0.25, 0.3) is 10.0 Å². The molecule has 0 fully saturated rings. The van der Waals surface area contributed by atoms with Crippen molar-refractivity contribution >= 4 is 39.1 Å². The van der Waals surface area contributed by atoms with Gasteiger partial charge in [0.05, 0.1) is 24.8 Å². The number of sulfonamides is 1. The number of methoxy groups -OCH3 is 2. The molecule has 0 aliphatic heterocycles. The Morgan fingerprint density at radius 2 is 1.62 bits per heavy atom. The number of ether oxygens (including phenoxy) is 2. The molecule has 0 bridgehead atoms. The van der Waals surface area contributed by atoms with E-state index in [4.69, 9.17) is 21.1 Å². The lowest BCUT2D eigenvalue weighted by Crippen LogP contribution is -2.52. The van der Waals surface area contributed by atoms with Crippen LogP contribution >= 0.6 is 11.6 Å². The van der Waals surface area contributed by atoms with Crippen LogP contribution in [0.15, 0.2) is 71.6 Å². The van der Waals surface area contributed by atoms with Crippen LogP contribution in [0.1, 0.15) is 32.8 Å². The normalized spacial score (nSPS) is 12.6. The fourth-order valence-corrected chi connectivity index (χ4v) is 5.65. The average Bonchev–Trinajstić information content (AvgIpc) is 2.98. The first kappa shape index (κ1) is 32.7. The molecule has 12 heteroatoms. The van der Waals surface area contributed by atoms with Crippen LogP contribution < -0.4 is 19.1 Å². The molecule has 0 aromatic heterocycles. The number of nitrogens with zero attached hydrogens (tertiary/aromatic N) is 2. The van der Waals surface area contributed by atoms with E-state index >= 15 is 0 Å². The Balaban J connectivity index is 2.07. The lowest BCUT2D eigenvalue weighted by Gasteiger charge is -2.32. The number of hydrogen-bond acceptors (Lipinski definition) is 6. The first-order valence-corrected chi connectivity index (χ1v) is 15.1. The van der Waals surface area contributed by atoms with Gasteiger partial charge < -0.3 is 19.7 Å². The van der Waals surface area contributed by atoms with Gasteiger partial charge in [-0.25, -0.2) is 12.8 Å². The van der Waals surface area contributed by atoms with E-state index in [2.05, 4.69) is 5.32 Å². The molecule has 42 heavy (non-hydrogen) atoms. The Bertz CT molecular complexity index is 1500. The van der Waals surface area contributed by atoms with Crippen molar-refractivity contribution in [3.8, 4) is 11.5 Å². The summed E-state index contributed by atoms with van der Waals surface area (Å²) >= 11 is 6.06. The van der Waals surface area contributed by atoms with Crippen molar-refractivity contribution in [3.05, 3.63) is 83.1 Å². The average molecular weight is 620 g/mol. The zero-order valence-corrected chi connectivity index (χ0v) is 25.7. The van der Waals surface area contributed by atoms with Crippen molar-refractivity contribution in [2.24, 2.45) is 0 Å². The molecule has 1 N–H and O–H groups in total. The zero-order valence-electron chi connectivity index (χ0n) is 24.1. The Morgan fingerprint density at radius 1 is 0.976 bits per heavy atom. The van der Waals surface area contributed by atoms with Crippen LogP contribution in [0.2, 0.25) is 5.02 Å². The molecule has 3 rings (SSSR count). The summed E-state index contributed by atoms with van der Waals surface area (Å²) in [7, 11) is -1.57. The maximum atomic E-state index is 14.7. The third kappa shape index (κ3) is 7.71. The number of benzene rings is 3. The van der Waals surface area contributed by atoms with Crippen molar-refractivity contribution in [3.63, 3.8) is 0 Å². The minimum Gasteiger partial charge on any atom is -0.493 e. The van der Waals surface area contributed by atoms with Crippen molar-refractivity contribution < 1.29 is 31.9 Å². The summed E-state index contributed by atoms with van der Waals surface area (Å²) in [5.41, 5.74) is 0.333. The number of carbonyl (C=O) groups excluding carboxylic acids is 2. The largest absolute Gasteiger partial charge is 0.493 e. The quantitative estimate of drug-likeness (QED) is 0.288. The van der Waals surface area contributed by atoms with E-state index in [1.54, 1.807) is 6.07 Å².